The zero-order valence-corrected chi connectivity index (χ0v) is 12.6. The topological polar surface area (TPSA) is 92.9 Å². The number of hydrogen-bond acceptors (Lipinski definition) is 6. The molecule has 4 N–H and O–H groups in total. The molecular weight excluding hydrogens is 262 g/mol. The summed E-state index contributed by atoms with van der Waals surface area (Å²) in [6.07, 6.45) is 4.37. The highest BCUT2D eigenvalue weighted by molar-refractivity contribution is 7.84. The Kier molecular flexibility index (Phi) is 6.72. The quantitative estimate of drug-likeness (QED) is 0.492. The van der Waals surface area contributed by atoms with Gasteiger partial charge in [-0.3, -0.25) is 4.21 Å². The normalized spacial score (nSPS) is 13.9. The standard InChI is InChI=1S/C12H23N5OS/c1-4-5-10-15-11(8-12(16-10)17-13)14-7-6-9(2)19(3)18/h8-9H,4-7,13H2,1-3H3,(H2,14,15,16,17). The van der Waals surface area contributed by atoms with Gasteiger partial charge in [0.15, 0.2) is 0 Å². The van der Waals surface area contributed by atoms with E-state index in [4.69, 9.17) is 5.84 Å². The minimum absolute atomic E-state index is 0.177. The molecule has 1 aromatic rings. The fraction of sp³-hybridized carbons (Fsp3) is 0.667. The number of rotatable bonds is 8. The molecule has 0 amide bonds. The largest absolute Gasteiger partial charge is 0.370 e. The van der Waals surface area contributed by atoms with Crippen LogP contribution in [0.25, 0.3) is 0 Å². The number of nitrogens with one attached hydrogen (secondary N) is 2. The summed E-state index contributed by atoms with van der Waals surface area (Å²) < 4.78 is 11.3. The summed E-state index contributed by atoms with van der Waals surface area (Å²) in [5.74, 6) is 7.52. The lowest BCUT2D eigenvalue weighted by atomic mass is 10.3. The number of anilines is 2. The van der Waals surface area contributed by atoms with Gasteiger partial charge < -0.3 is 10.7 Å². The Morgan fingerprint density at radius 2 is 2.11 bits per heavy atom. The van der Waals surface area contributed by atoms with Crippen molar-refractivity contribution in [3.63, 3.8) is 0 Å². The molecule has 0 fully saturated rings. The van der Waals surface area contributed by atoms with Crippen molar-refractivity contribution >= 4 is 22.4 Å². The van der Waals surface area contributed by atoms with Crippen LogP contribution in [0.4, 0.5) is 11.6 Å². The Morgan fingerprint density at radius 3 is 2.68 bits per heavy atom. The second-order valence-corrected chi connectivity index (χ2v) is 6.28. The summed E-state index contributed by atoms with van der Waals surface area (Å²) in [5.41, 5.74) is 2.54. The molecule has 0 saturated heterocycles. The molecular formula is C12H23N5OS. The second kappa shape index (κ2) is 8.06. The third-order valence-electron chi connectivity index (χ3n) is 2.82. The molecule has 0 aliphatic carbocycles. The van der Waals surface area contributed by atoms with Gasteiger partial charge in [0.25, 0.3) is 0 Å². The highest BCUT2D eigenvalue weighted by atomic mass is 32.2. The van der Waals surface area contributed by atoms with E-state index in [1.165, 1.54) is 0 Å². The number of nitrogens with zero attached hydrogens (tertiary/aromatic N) is 2. The van der Waals surface area contributed by atoms with E-state index in [-0.39, 0.29) is 5.25 Å². The highest BCUT2D eigenvalue weighted by Crippen LogP contribution is 2.12. The van der Waals surface area contributed by atoms with Crippen LogP contribution >= 0.6 is 0 Å². The summed E-state index contributed by atoms with van der Waals surface area (Å²) in [7, 11) is -0.787. The lowest BCUT2D eigenvalue weighted by molar-refractivity contribution is 0.672. The summed E-state index contributed by atoms with van der Waals surface area (Å²) in [5, 5.41) is 3.40. The van der Waals surface area contributed by atoms with Crippen molar-refractivity contribution in [1.82, 2.24) is 9.97 Å². The van der Waals surface area contributed by atoms with Gasteiger partial charge in [0, 0.05) is 41.3 Å². The van der Waals surface area contributed by atoms with Crippen molar-refractivity contribution < 1.29 is 4.21 Å². The van der Waals surface area contributed by atoms with Gasteiger partial charge in [-0.15, -0.1) is 0 Å². The van der Waals surface area contributed by atoms with E-state index < -0.39 is 10.8 Å². The van der Waals surface area contributed by atoms with E-state index in [1.54, 1.807) is 12.3 Å². The molecule has 19 heavy (non-hydrogen) atoms. The van der Waals surface area contributed by atoms with Crippen LogP contribution in [0.15, 0.2) is 6.07 Å². The van der Waals surface area contributed by atoms with Crippen LogP contribution < -0.4 is 16.6 Å². The second-order valence-electron chi connectivity index (χ2n) is 4.47. The van der Waals surface area contributed by atoms with E-state index in [2.05, 4.69) is 27.6 Å². The first-order chi connectivity index (χ1) is 9.06. The van der Waals surface area contributed by atoms with Crippen molar-refractivity contribution in [1.29, 1.82) is 0 Å². The van der Waals surface area contributed by atoms with Gasteiger partial charge in [-0.2, -0.15) is 0 Å². The van der Waals surface area contributed by atoms with Crippen LogP contribution in [-0.4, -0.2) is 32.2 Å². The molecule has 2 unspecified atom stereocenters. The lowest BCUT2D eigenvalue weighted by Crippen LogP contribution is -2.16. The molecule has 1 aromatic heterocycles. The maximum atomic E-state index is 11.3. The van der Waals surface area contributed by atoms with Crippen LogP contribution in [0, 0.1) is 0 Å². The van der Waals surface area contributed by atoms with Gasteiger partial charge in [-0.1, -0.05) is 13.8 Å². The minimum Gasteiger partial charge on any atom is -0.370 e. The molecule has 0 radical (unpaired) electrons. The Bertz CT molecular complexity index is 427. The van der Waals surface area contributed by atoms with Crippen LogP contribution in [0.2, 0.25) is 0 Å². The van der Waals surface area contributed by atoms with Crippen LogP contribution in [0.1, 0.15) is 32.5 Å². The summed E-state index contributed by atoms with van der Waals surface area (Å²) in [6, 6.07) is 1.77. The smallest absolute Gasteiger partial charge is 0.145 e. The first kappa shape index (κ1) is 15.8. The Balaban J connectivity index is 2.61. The van der Waals surface area contributed by atoms with Gasteiger partial charge in [0.2, 0.25) is 0 Å². The molecule has 0 aliphatic rings. The van der Waals surface area contributed by atoms with Crippen LogP contribution in [-0.2, 0) is 17.2 Å². The van der Waals surface area contributed by atoms with Gasteiger partial charge in [0.1, 0.15) is 17.5 Å². The molecule has 0 aliphatic heterocycles. The fourth-order valence-corrected chi connectivity index (χ4v) is 2.02. The number of hydrazine groups is 1. The Hall–Kier alpha value is -1.21. The van der Waals surface area contributed by atoms with Crippen molar-refractivity contribution in [3.05, 3.63) is 11.9 Å². The van der Waals surface area contributed by atoms with Crippen molar-refractivity contribution in [3.8, 4) is 0 Å². The average Bonchev–Trinajstić information content (AvgIpc) is 2.38. The van der Waals surface area contributed by atoms with E-state index in [0.717, 1.165) is 37.4 Å². The van der Waals surface area contributed by atoms with Crippen LogP contribution in [0.3, 0.4) is 0 Å². The number of aryl methyl sites for hydroxylation is 1. The molecule has 0 bridgehead atoms. The number of nitrogen functional groups attached to an aromatic ring is 1. The highest BCUT2D eigenvalue weighted by Gasteiger charge is 2.07. The van der Waals surface area contributed by atoms with Gasteiger partial charge in [0.05, 0.1) is 0 Å². The van der Waals surface area contributed by atoms with Crippen molar-refractivity contribution in [2.45, 2.75) is 38.4 Å². The Morgan fingerprint density at radius 1 is 1.42 bits per heavy atom. The number of nitrogens with two attached hydrogens (primary N) is 1. The maximum Gasteiger partial charge on any atom is 0.145 e. The number of hydrogen-bond donors (Lipinski definition) is 3. The summed E-state index contributed by atoms with van der Waals surface area (Å²) >= 11 is 0. The maximum absolute atomic E-state index is 11.3. The van der Waals surface area contributed by atoms with Crippen LogP contribution in [0.5, 0.6) is 0 Å². The predicted molar refractivity (Wildman–Crippen MR) is 80.5 cm³/mol. The van der Waals surface area contributed by atoms with E-state index in [0.29, 0.717) is 5.82 Å². The third-order valence-corrected chi connectivity index (χ3v) is 4.19. The average molecular weight is 285 g/mol. The zero-order valence-electron chi connectivity index (χ0n) is 11.8. The molecule has 0 saturated carbocycles. The zero-order chi connectivity index (χ0) is 14.3. The fourth-order valence-electron chi connectivity index (χ4n) is 1.57. The van der Waals surface area contributed by atoms with Gasteiger partial charge >= 0.3 is 0 Å². The summed E-state index contributed by atoms with van der Waals surface area (Å²) in [6.45, 7) is 4.79. The third kappa shape index (κ3) is 5.52. The van der Waals surface area contributed by atoms with E-state index in [1.807, 2.05) is 6.92 Å². The summed E-state index contributed by atoms with van der Waals surface area (Å²) in [4.78, 5) is 8.70. The number of aromatic nitrogens is 2. The predicted octanol–water partition coefficient (Wildman–Crippen LogP) is 1.28. The van der Waals surface area contributed by atoms with Crippen molar-refractivity contribution in [2.75, 3.05) is 23.5 Å². The van der Waals surface area contributed by atoms with E-state index in [9.17, 15) is 4.21 Å². The molecule has 108 valence electrons. The van der Waals surface area contributed by atoms with Crippen molar-refractivity contribution in [2.24, 2.45) is 5.84 Å². The first-order valence-corrected chi connectivity index (χ1v) is 8.09. The minimum atomic E-state index is -0.787. The lowest BCUT2D eigenvalue weighted by Gasteiger charge is -2.11. The molecule has 1 heterocycles. The van der Waals surface area contributed by atoms with Gasteiger partial charge in [-0.25, -0.2) is 15.8 Å². The molecule has 0 spiro atoms. The van der Waals surface area contributed by atoms with E-state index >= 15 is 0 Å². The molecule has 6 nitrogen and oxygen atoms in total. The molecule has 1 rings (SSSR count). The SMILES string of the molecule is CCCc1nc(NN)cc(NCCC(C)S(C)=O)n1. The van der Waals surface area contributed by atoms with Gasteiger partial charge in [-0.05, 0) is 12.8 Å². The Labute approximate surface area is 117 Å². The molecule has 2 atom stereocenters. The first-order valence-electron chi connectivity index (χ1n) is 6.47. The monoisotopic (exact) mass is 285 g/mol. The molecule has 7 heteroatoms. The molecule has 0 aromatic carbocycles.